The van der Waals surface area contributed by atoms with Gasteiger partial charge in [-0.15, -0.1) is 0 Å². The van der Waals surface area contributed by atoms with Crippen molar-refractivity contribution in [3.8, 4) is 6.07 Å². The van der Waals surface area contributed by atoms with E-state index in [1.165, 1.54) is 5.56 Å². The maximum atomic E-state index is 12.5. The van der Waals surface area contributed by atoms with Crippen LogP contribution in [-0.2, 0) is 9.98 Å². The number of hydrogen-bond acceptors (Lipinski definition) is 2. The minimum absolute atomic E-state index is 0.00908. The zero-order valence-corrected chi connectivity index (χ0v) is 12.9. The monoisotopic (exact) mass is 274 g/mol. The average Bonchev–Trinajstić information content (AvgIpc) is 2.68. The van der Waals surface area contributed by atoms with E-state index in [9.17, 15) is 9.83 Å². The van der Waals surface area contributed by atoms with Crippen molar-refractivity contribution >= 4 is 23.3 Å². The number of fused-ring (bicyclic) bond motifs is 1. The van der Waals surface area contributed by atoms with E-state index in [2.05, 4.69) is 31.8 Å². The summed E-state index contributed by atoms with van der Waals surface area (Å²) < 4.78 is 12.5. The van der Waals surface area contributed by atoms with E-state index in [0.717, 1.165) is 10.9 Å². The third-order valence-corrected chi connectivity index (χ3v) is 4.84. The molecule has 0 aliphatic rings. The van der Waals surface area contributed by atoms with E-state index in [1.54, 1.807) is 19.4 Å². The Balaban J connectivity index is 2.91. The van der Waals surface area contributed by atoms with Crippen LogP contribution in [0, 0.1) is 11.3 Å². The van der Waals surface area contributed by atoms with Gasteiger partial charge in [-0.2, -0.15) is 5.26 Å². The van der Waals surface area contributed by atoms with Crippen molar-refractivity contribution in [2.24, 2.45) is 0 Å². The lowest BCUT2D eigenvalue weighted by Gasteiger charge is -2.18. The van der Waals surface area contributed by atoms with Gasteiger partial charge in [0.1, 0.15) is 7.14 Å². The van der Waals surface area contributed by atoms with Crippen molar-refractivity contribution in [3.63, 3.8) is 0 Å². The Hall–Kier alpha value is -1.52. The quantitative estimate of drug-likeness (QED) is 0.808. The summed E-state index contributed by atoms with van der Waals surface area (Å²) in [6.07, 6.45) is 1.96. The van der Waals surface area contributed by atoms with Crippen LogP contribution in [0.1, 0.15) is 31.9 Å². The van der Waals surface area contributed by atoms with Gasteiger partial charge in [0, 0.05) is 11.6 Å². The van der Waals surface area contributed by atoms with Crippen LogP contribution < -0.4 is 5.30 Å². The maximum Gasteiger partial charge on any atom is 0.113 e. The molecule has 0 saturated heterocycles. The molecule has 2 rings (SSSR count). The van der Waals surface area contributed by atoms with Gasteiger partial charge in [-0.1, -0.05) is 26.8 Å². The molecule has 1 heterocycles. The molecule has 0 aliphatic heterocycles. The van der Waals surface area contributed by atoms with E-state index in [4.69, 9.17) is 0 Å². The fourth-order valence-electron chi connectivity index (χ4n) is 2.45. The van der Waals surface area contributed by atoms with Crippen molar-refractivity contribution < 1.29 is 4.57 Å². The summed E-state index contributed by atoms with van der Waals surface area (Å²) in [5, 5.41) is 11.0. The molecule has 2 aromatic rings. The van der Waals surface area contributed by atoms with Gasteiger partial charge in [-0.25, -0.2) is 0 Å². The standard InChI is InChI=1S/C15H19N2OP/c1-15(2,3)12-9-17-13-11(12)7-6-10(8-16)14(13)19(4,5)18/h6-7,9,17H,1-5H3. The average molecular weight is 274 g/mol. The number of nitrogens with one attached hydrogen (secondary N) is 1. The van der Waals surface area contributed by atoms with Gasteiger partial charge >= 0.3 is 0 Å². The molecule has 100 valence electrons. The summed E-state index contributed by atoms with van der Waals surface area (Å²) in [7, 11) is -2.51. The van der Waals surface area contributed by atoms with E-state index in [0.29, 0.717) is 10.9 Å². The second-order valence-corrected chi connectivity index (χ2v) is 9.45. The van der Waals surface area contributed by atoms with E-state index >= 15 is 0 Å². The Bertz CT molecular complexity index is 723. The molecule has 0 atom stereocenters. The number of nitriles is 1. The molecule has 0 saturated carbocycles. The van der Waals surface area contributed by atoms with Crippen molar-refractivity contribution in [3.05, 3.63) is 29.5 Å². The van der Waals surface area contributed by atoms with Gasteiger partial charge in [-0.3, -0.25) is 0 Å². The first-order valence-electron chi connectivity index (χ1n) is 6.26. The highest BCUT2D eigenvalue weighted by molar-refractivity contribution is 7.70. The summed E-state index contributed by atoms with van der Waals surface area (Å²) in [6.45, 7) is 9.85. The Kier molecular flexibility index (Phi) is 3.11. The molecule has 0 spiro atoms. The molecular formula is C15H19N2OP. The Morgan fingerprint density at radius 2 is 1.89 bits per heavy atom. The fourth-order valence-corrected chi connectivity index (χ4v) is 3.88. The topological polar surface area (TPSA) is 56.6 Å². The van der Waals surface area contributed by atoms with Crippen LogP contribution in [0.15, 0.2) is 18.3 Å². The number of aromatic amines is 1. The van der Waals surface area contributed by atoms with Gasteiger partial charge in [0.25, 0.3) is 0 Å². The first kappa shape index (κ1) is 13.9. The number of benzene rings is 1. The largest absolute Gasteiger partial charge is 0.360 e. The molecular weight excluding hydrogens is 255 g/mol. The van der Waals surface area contributed by atoms with Crippen LogP contribution in [0.25, 0.3) is 10.9 Å². The number of hydrogen-bond donors (Lipinski definition) is 1. The highest BCUT2D eigenvalue weighted by atomic mass is 31.2. The molecule has 19 heavy (non-hydrogen) atoms. The van der Waals surface area contributed by atoms with Gasteiger partial charge in [-0.05, 0) is 30.4 Å². The first-order valence-corrected chi connectivity index (χ1v) is 8.86. The Morgan fingerprint density at radius 1 is 1.26 bits per heavy atom. The predicted molar refractivity (Wildman–Crippen MR) is 80.8 cm³/mol. The van der Waals surface area contributed by atoms with E-state index in [-0.39, 0.29) is 5.41 Å². The number of H-pyrrole nitrogens is 1. The summed E-state index contributed by atoms with van der Waals surface area (Å²) >= 11 is 0. The molecule has 1 N–H and O–H groups in total. The number of rotatable bonds is 1. The van der Waals surface area contributed by atoms with Crippen molar-refractivity contribution in [2.45, 2.75) is 26.2 Å². The minimum atomic E-state index is -2.51. The van der Waals surface area contributed by atoms with Crippen LogP contribution in [0.3, 0.4) is 0 Å². The zero-order valence-electron chi connectivity index (χ0n) is 12.0. The lowest BCUT2D eigenvalue weighted by atomic mass is 9.87. The van der Waals surface area contributed by atoms with Crippen molar-refractivity contribution in [1.82, 2.24) is 4.98 Å². The molecule has 1 aromatic carbocycles. The summed E-state index contributed by atoms with van der Waals surface area (Å²) in [6, 6.07) is 5.88. The van der Waals surface area contributed by atoms with Crippen LogP contribution >= 0.6 is 7.14 Å². The highest BCUT2D eigenvalue weighted by Crippen LogP contribution is 2.40. The van der Waals surface area contributed by atoms with Crippen molar-refractivity contribution in [2.75, 3.05) is 13.3 Å². The zero-order chi connectivity index (χ0) is 14.4. The Labute approximate surface area is 114 Å². The first-order chi connectivity index (χ1) is 8.66. The summed E-state index contributed by atoms with van der Waals surface area (Å²) in [5.41, 5.74) is 2.54. The molecule has 1 aromatic heterocycles. The molecule has 0 amide bonds. The number of aromatic nitrogens is 1. The van der Waals surface area contributed by atoms with E-state index < -0.39 is 7.14 Å². The molecule has 0 radical (unpaired) electrons. The van der Waals surface area contributed by atoms with Crippen LogP contribution in [-0.4, -0.2) is 18.3 Å². The fraction of sp³-hybridized carbons (Fsp3) is 0.400. The second-order valence-electron chi connectivity index (χ2n) is 6.30. The normalized spacial score (nSPS) is 12.6. The van der Waals surface area contributed by atoms with Gasteiger partial charge in [0.2, 0.25) is 0 Å². The summed E-state index contributed by atoms with van der Waals surface area (Å²) in [5.74, 6) is 0. The van der Waals surface area contributed by atoms with Gasteiger partial charge in [0.15, 0.2) is 0 Å². The molecule has 0 aliphatic carbocycles. The number of nitrogens with zero attached hydrogens (tertiary/aromatic N) is 1. The summed E-state index contributed by atoms with van der Waals surface area (Å²) in [4.78, 5) is 3.22. The van der Waals surface area contributed by atoms with Crippen molar-refractivity contribution in [1.29, 1.82) is 5.26 Å². The smallest absolute Gasteiger partial charge is 0.113 e. The van der Waals surface area contributed by atoms with Crippen LogP contribution in [0.4, 0.5) is 0 Å². The molecule has 0 fully saturated rings. The minimum Gasteiger partial charge on any atom is -0.360 e. The molecule has 3 nitrogen and oxygen atoms in total. The van der Waals surface area contributed by atoms with Gasteiger partial charge < -0.3 is 9.55 Å². The van der Waals surface area contributed by atoms with Crippen LogP contribution in [0.5, 0.6) is 0 Å². The third-order valence-electron chi connectivity index (χ3n) is 3.30. The lowest BCUT2D eigenvalue weighted by molar-refractivity contribution is 0.588. The SMILES string of the molecule is CC(C)(C)c1c[nH]c2c(P(C)(C)=O)c(C#N)ccc12. The van der Waals surface area contributed by atoms with Gasteiger partial charge in [0.05, 0.1) is 22.5 Å². The predicted octanol–water partition coefficient (Wildman–Crippen LogP) is 3.59. The maximum absolute atomic E-state index is 12.5. The third kappa shape index (κ3) is 2.33. The molecule has 0 unspecified atom stereocenters. The molecule has 0 bridgehead atoms. The molecule has 4 heteroatoms. The lowest BCUT2D eigenvalue weighted by Crippen LogP contribution is -2.12. The Morgan fingerprint density at radius 3 is 2.37 bits per heavy atom. The highest BCUT2D eigenvalue weighted by Gasteiger charge is 2.25. The van der Waals surface area contributed by atoms with Crippen LogP contribution in [0.2, 0.25) is 0 Å². The van der Waals surface area contributed by atoms with E-state index in [1.807, 2.05) is 12.3 Å². The second kappa shape index (κ2) is 4.25.